The highest BCUT2D eigenvalue weighted by Crippen LogP contribution is 2.49. The molecule has 0 unspecified atom stereocenters. The molecule has 1 heterocycles. The van der Waals surface area contributed by atoms with Crippen LogP contribution in [0.1, 0.15) is 58.8 Å². The quantitative estimate of drug-likeness (QED) is 0.138. The molecule has 0 spiro atoms. The fourth-order valence-electron chi connectivity index (χ4n) is 5.65. The van der Waals surface area contributed by atoms with Gasteiger partial charge in [0.05, 0.1) is 0 Å². The summed E-state index contributed by atoms with van der Waals surface area (Å²) in [5.74, 6) is -1.04. The van der Waals surface area contributed by atoms with Gasteiger partial charge in [0.25, 0.3) is 0 Å². The van der Waals surface area contributed by atoms with Crippen molar-refractivity contribution in [2.24, 2.45) is 11.8 Å². The summed E-state index contributed by atoms with van der Waals surface area (Å²) in [6.45, 7) is 4.19. The molecule has 5 rings (SSSR count). The molecular formula is C34H34O8. The summed E-state index contributed by atoms with van der Waals surface area (Å²) < 4.78 is 10.8. The number of benzene rings is 4. The van der Waals surface area contributed by atoms with Crippen molar-refractivity contribution in [3.8, 4) is 40.2 Å². The molecule has 4 aromatic rings. The average molecular weight is 571 g/mol. The summed E-state index contributed by atoms with van der Waals surface area (Å²) in [6.07, 6.45) is 0.991. The molecular weight excluding hydrogens is 536 g/mol. The van der Waals surface area contributed by atoms with E-state index >= 15 is 0 Å². The second kappa shape index (κ2) is 11.9. The molecule has 5 N–H and O–H groups in total. The van der Waals surface area contributed by atoms with Crippen LogP contribution in [0.5, 0.6) is 40.2 Å². The van der Waals surface area contributed by atoms with Gasteiger partial charge >= 0.3 is 0 Å². The maximum absolute atomic E-state index is 13.4. The SMILES string of the molecule is C[C@@H]([C@H](c1ccc(O)cc1)c1c(O)cc(O)c(C(=O)CCc2ccc3c(c2)OCO3)c1O)[C@@H](C)Cc1ccc(O)cc1. The van der Waals surface area contributed by atoms with Crippen molar-refractivity contribution < 1.29 is 39.8 Å². The van der Waals surface area contributed by atoms with E-state index in [1.54, 1.807) is 36.4 Å². The van der Waals surface area contributed by atoms with Crippen LogP contribution in [0.25, 0.3) is 0 Å². The number of hydrogen-bond acceptors (Lipinski definition) is 8. The monoisotopic (exact) mass is 570 g/mol. The summed E-state index contributed by atoms with van der Waals surface area (Å²) >= 11 is 0. The first-order chi connectivity index (χ1) is 20.1. The number of aryl methyl sites for hydroxylation is 1. The van der Waals surface area contributed by atoms with E-state index in [-0.39, 0.29) is 53.4 Å². The number of phenolic OH excluding ortho intramolecular Hbond substituents is 5. The summed E-state index contributed by atoms with van der Waals surface area (Å²) in [7, 11) is 0. The van der Waals surface area contributed by atoms with Crippen molar-refractivity contribution in [1.82, 2.24) is 0 Å². The Balaban J connectivity index is 1.48. The number of fused-ring (bicyclic) bond motifs is 1. The molecule has 0 aliphatic carbocycles. The first kappa shape index (κ1) is 28.7. The molecule has 1 aliphatic heterocycles. The van der Waals surface area contributed by atoms with Gasteiger partial charge < -0.3 is 35.0 Å². The Morgan fingerprint density at radius 1 is 0.762 bits per heavy atom. The molecule has 8 nitrogen and oxygen atoms in total. The molecule has 0 saturated heterocycles. The van der Waals surface area contributed by atoms with E-state index in [0.29, 0.717) is 29.9 Å². The summed E-state index contributed by atoms with van der Waals surface area (Å²) in [4.78, 5) is 13.4. The number of ether oxygens (including phenoxy) is 2. The van der Waals surface area contributed by atoms with Gasteiger partial charge in [0.2, 0.25) is 6.79 Å². The smallest absolute Gasteiger partial charge is 0.231 e. The van der Waals surface area contributed by atoms with Gasteiger partial charge in [-0.2, -0.15) is 0 Å². The molecule has 0 fully saturated rings. The van der Waals surface area contributed by atoms with Crippen LogP contribution >= 0.6 is 0 Å². The third-order valence-electron chi connectivity index (χ3n) is 8.13. The Morgan fingerprint density at radius 2 is 1.38 bits per heavy atom. The van der Waals surface area contributed by atoms with Crippen LogP contribution in [0.2, 0.25) is 0 Å². The van der Waals surface area contributed by atoms with Gasteiger partial charge in [-0.1, -0.05) is 44.2 Å². The highest BCUT2D eigenvalue weighted by Gasteiger charge is 2.34. The van der Waals surface area contributed by atoms with Gasteiger partial charge in [-0.25, -0.2) is 0 Å². The third kappa shape index (κ3) is 5.93. The molecule has 3 atom stereocenters. The van der Waals surface area contributed by atoms with Gasteiger partial charge in [0, 0.05) is 24.0 Å². The van der Waals surface area contributed by atoms with E-state index in [9.17, 15) is 30.3 Å². The van der Waals surface area contributed by atoms with Gasteiger partial charge in [0.1, 0.15) is 34.3 Å². The molecule has 0 amide bonds. The molecule has 0 radical (unpaired) electrons. The molecule has 4 aromatic carbocycles. The van der Waals surface area contributed by atoms with E-state index in [4.69, 9.17) is 9.47 Å². The molecule has 0 aromatic heterocycles. The summed E-state index contributed by atoms with van der Waals surface area (Å²) in [6, 6.07) is 20.0. The number of hydrogen-bond donors (Lipinski definition) is 5. The molecule has 0 bridgehead atoms. The van der Waals surface area contributed by atoms with E-state index in [2.05, 4.69) is 6.92 Å². The lowest BCUT2D eigenvalue weighted by Gasteiger charge is -2.31. The number of aromatic hydroxyl groups is 5. The van der Waals surface area contributed by atoms with Crippen molar-refractivity contribution in [2.45, 2.75) is 39.0 Å². The van der Waals surface area contributed by atoms with Crippen LogP contribution in [0, 0.1) is 11.8 Å². The van der Waals surface area contributed by atoms with Crippen molar-refractivity contribution in [3.63, 3.8) is 0 Å². The minimum atomic E-state index is -0.585. The number of carbonyl (C=O) groups is 1. The lowest BCUT2D eigenvalue weighted by atomic mass is 9.73. The number of carbonyl (C=O) groups excluding carboxylic acids is 1. The van der Waals surface area contributed by atoms with Gasteiger partial charge in [-0.05, 0) is 77.8 Å². The molecule has 218 valence electrons. The number of Topliss-reactive ketones (excluding diaryl/α,β-unsaturated/α-hetero) is 1. The van der Waals surface area contributed by atoms with Crippen molar-refractivity contribution in [1.29, 1.82) is 0 Å². The maximum Gasteiger partial charge on any atom is 0.231 e. The van der Waals surface area contributed by atoms with Crippen molar-refractivity contribution >= 4 is 5.78 Å². The van der Waals surface area contributed by atoms with Crippen molar-refractivity contribution in [2.75, 3.05) is 6.79 Å². The van der Waals surface area contributed by atoms with E-state index in [1.165, 1.54) is 12.1 Å². The van der Waals surface area contributed by atoms with Crippen LogP contribution in [0.3, 0.4) is 0 Å². The highest BCUT2D eigenvalue weighted by atomic mass is 16.7. The Bertz CT molecular complexity index is 1580. The van der Waals surface area contributed by atoms with Gasteiger partial charge in [-0.15, -0.1) is 0 Å². The zero-order valence-corrected chi connectivity index (χ0v) is 23.4. The number of rotatable bonds is 10. The van der Waals surface area contributed by atoms with Crippen LogP contribution in [0.4, 0.5) is 0 Å². The molecule has 42 heavy (non-hydrogen) atoms. The first-order valence-electron chi connectivity index (χ1n) is 13.9. The Kier molecular flexibility index (Phi) is 8.15. The summed E-state index contributed by atoms with van der Waals surface area (Å²) in [5.41, 5.74) is 2.45. The standard InChI is InChI=1S/C34H34O8/c1-19(15-21-3-9-24(35)10-4-21)20(2)31(23-7-11-25(36)12-8-23)33-28(39)17-27(38)32(34(33)40)26(37)13-5-22-6-14-29-30(16-22)42-18-41-29/h3-4,6-12,14,16-17,19-20,31,35-36,38-40H,5,13,15,18H2,1-2H3/t19-,20+,31+/m0/s1. The second-order valence-corrected chi connectivity index (χ2v) is 10.9. The largest absolute Gasteiger partial charge is 0.508 e. The van der Waals surface area contributed by atoms with Gasteiger partial charge in [0.15, 0.2) is 17.3 Å². The zero-order chi connectivity index (χ0) is 30.0. The van der Waals surface area contributed by atoms with Crippen LogP contribution < -0.4 is 9.47 Å². The van der Waals surface area contributed by atoms with Crippen molar-refractivity contribution in [3.05, 3.63) is 101 Å². The summed E-state index contributed by atoms with van der Waals surface area (Å²) in [5, 5.41) is 52.9. The maximum atomic E-state index is 13.4. The van der Waals surface area contributed by atoms with E-state index < -0.39 is 23.2 Å². The van der Waals surface area contributed by atoms with Crippen LogP contribution in [0.15, 0.2) is 72.8 Å². The Morgan fingerprint density at radius 3 is 2.07 bits per heavy atom. The number of ketones is 1. The first-order valence-corrected chi connectivity index (χ1v) is 13.9. The van der Waals surface area contributed by atoms with E-state index in [1.807, 2.05) is 25.1 Å². The fraction of sp³-hybridized carbons (Fsp3) is 0.265. The lowest BCUT2D eigenvalue weighted by Crippen LogP contribution is -2.21. The highest BCUT2D eigenvalue weighted by molar-refractivity contribution is 6.02. The van der Waals surface area contributed by atoms with E-state index in [0.717, 1.165) is 17.2 Å². The topological polar surface area (TPSA) is 137 Å². The third-order valence-corrected chi connectivity index (χ3v) is 8.13. The normalized spacial score (nSPS) is 14.3. The second-order valence-electron chi connectivity index (χ2n) is 10.9. The molecule has 8 heteroatoms. The molecule has 0 saturated carbocycles. The predicted octanol–water partition coefficient (Wildman–Crippen LogP) is 6.41. The zero-order valence-electron chi connectivity index (χ0n) is 23.4. The van der Waals surface area contributed by atoms with Gasteiger partial charge in [-0.3, -0.25) is 4.79 Å². The average Bonchev–Trinajstić information content (AvgIpc) is 3.43. The fourth-order valence-corrected chi connectivity index (χ4v) is 5.65. The minimum Gasteiger partial charge on any atom is -0.508 e. The Labute approximate surface area is 244 Å². The predicted molar refractivity (Wildman–Crippen MR) is 157 cm³/mol. The Hall–Kier alpha value is -4.85. The number of phenols is 5. The molecule has 1 aliphatic rings. The van der Waals surface area contributed by atoms with Crippen LogP contribution in [-0.2, 0) is 12.8 Å². The van der Waals surface area contributed by atoms with Crippen LogP contribution in [-0.4, -0.2) is 38.1 Å². The minimum absolute atomic E-state index is 0.00165. The lowest BCUT2D eigenvalue weighted by molar-refractivity contribution is 0.0977.